The predicted octanol–water partition coefficient (Wildman–Crippen LogP) is 24.8. The summed E-state index contributed by atoms with van der Waals surface area (Å²) in [6, 6.07) is 0. The molecule has 0 aromatic heterocycles. The van der Waals surface area contributed by atoms with Gasteiger partial charge in [0.2, 0.25) is 0 Å². The van der Waals surface area contributed by atoms with Crippen LogP contribution in [0.25, 0.3) is 0 Å². The maximum Gasteiger partial charge on any atom is 0.306 e. The molecule has 0 heterocycles. The fraction of sp³-hybridized carbons (Fsp3) is 0.732. The summed E-state index contributed by atoms with van der Waals surface area (Å²) in [5.74, 6) is -0.899. The van der Waals surface area contributed by atoms with Gasteiger partial charge >= 0.3 is 11.9 Å². The van der Waals surface area contributed by atoms with Crippen molar-refractivity contribution in [1.82, 2.24) is 0 Å². The Hall–Kier alpha value is -3.59. The van der Waals surface area contributed by atoms with Crippen molar-refractivity contribution < 1.29 is 42.1 Å². The molecule has 0 aliphatic heterocycles. The molecule has 2 atom stereocenters. The number of carbonyl (C=O) groups is 2. The molecule has 0 fully saturated rings. The van der Waals surface area contributed by atoms with Crippen LogP contribution in [0.4, 0.5) is 0 Å². The van der Waals surface area contributed by atoms with Gasteiger partial charge in [0.05, 0.1) is 27.7 Å². The van der Waals surface area contributed by atoms with E-state index >= 15 is 0 Å². The van der Waals surface area contributed by atoms with Crippen LogP contribution in [0.1, 0.15) is 335 Å². The first-order valence-corrected chi connectivity index (χ1v) is 39.7. The van der Waals surface area contributed by atoms with Crippen molar-refractivity contribution in [3.05, 3.63) is 122 Å². The monoisotopic (exact) mass is 1300 g/mol. The van der Waals surface area contributed by atoms with E-state index in [2.05, 4.69) is 129 Å². The van der Waals surface area contributed by atoms with Crippen LogP contribution in [0.3, 0.4) is 0 Å². The number of phosphoric acid groups is 1. The van der Waals surface area contributed by atoms with Crippen LogP contribution in [0.5, 0.6) is 0 Å². The Morgan fingerprint density at radius 1 is 0.348 bits per heavy atom. The van der Waals surface area contributed by atoms with Crippen molar-refractivity contribution in [2.75, 3.05) is 47.5 Å². The van der Waals surface area contributed by atoms with Crippen molar-refractivity contribution in [3.8, 4) is 0 Å². The first-order valence-electron chi connectivity index (χ1n) is 38.2. The summed E-state index contributed by atoms with van der Waals surface area (Å²) >= 11 is 0. The highest BCUT2D eigenvalue weighted by Crippen LogP contribution is 2.38. The van der Waals surface area contributed by atoms with Gasteiger partial charge in [-0.2, -0.15) is 0 Å². The number of likely N-dealkylation sites (N-methyl/N-ethyl adjacent to an activating group) is 1. The third-order valence-corrected chi connectivity index (χ3v) is 17.4. The maximum absolute atomic E-state index is 12.8. The fourth-order valence-corrected chi connectivity index (χ4v) is 11.4. The summed E-state index contributed by atoms with van der Waals surface area (Å²) in [5, 5.41) is 0. The summed E-state index contributed by atoms with van der Waals surface area (Å²) in [7, 11) is 1.12. The third kappa shape index (κ3) is 75.4. The van der Waals surface area contributed by atoms with Gasteiger partial charge in [-0.15, -0.1) is 0 Å². The van der Waals surface area contributed by atoms with Crippen molar-refractivity contribution in [2.45, 2.75) is 341 Å². The second kappa shape index (κ2) is 71.7. The molecule has 10 heteroatoms. The number of phosphoric ester groups is 1. The number of hydrogen-bond acceptors (Lipinski definition) is 8. The molecule has 0 bridgehead atoms. The number of allylic oxidation sites excluding steroid dienone is 20. The SMILES string of the molecule is CC/C=C\C/C=C\C/C=C\C/C=C\C/C=C\C/C=C\C/C=C\C/C=C\C/C=C\CCCC(=O)OC(COC(=O)CCCCCCCCCCCCCCCCCCCCCCCCCCCCC/C=C\CCCCCCCCCC)COP(=O)([O-])OCC[N+](C)(C)C. The fourth-order valence-electron chi connectivity index (χ4n) is 10.7. The largest absolute Gasteiger partial charge is 0.756 e. The predicted molar refractivity (Wildman–Crippen MR) is 397 cm³/mol. The van der Waals surface area contributed by atoms with E-state index in [1.807, 2.05) is 27.2 Å². The van der Waals surface area contributed by atoms with E-state index < -0.39 is 32.5 Å². The lowest BCUT2D eigenvalue weighted by molar-refractivity contribution is -0.870. The van der Waals surface area contributed by atoms with Crippen LogP contribution in [0.15, 0.2) is 122 Å². The number of esters is 2. The van der Waals surface area contributed by atoms with Gasteiger partial charge < -0.3 is 27.9 Å². The van der Waals surface area contributed by atoms with Gasteiger partial charge in [0, 0.05) is 12.8 Å². The summed E-state index contributed by atoms with van der Waals surface area (Å²) in [5.41, 5.74) is 0. The highest BCUT2D eigenvalue weighted by molar-refractivity contribution is 7.45. The molecular formula is C82H144NO8P. The van der Waals surface area contributed by atoms with Gasteiger partial charge in [-0.1, -0.05) is 341 Å². The smallest absolute Gasteiger partial charge is 0.306 e. The Kier molecular flexibility index (Phi) is 68.9. The first kappa shape index (κ1) is 88.4. The molecule has 0 aromatic rings. The van der Waals surface area contributed by atoms with E-state index in [1.165, 1.54) is 218 Å². The minimum Gasteiger partial charge on any atom is -0.756 e. The van der Waals surface area contributed by atoms with Gasteiger partial charge in [-0.05, 0) is 103 Å². The van der Waals surface area contributed by atoms with E-state index in [9.17, 15) is 19.0 Å². The van der Waals surface area contributed by atoms with Crippen molar-refractivity contribution >= 4 is 19.8 Å². The maximum atomic E-state index is 12.8. The lowest BCUT2D eigenvalue weighted by Gasteiger charge is -2.28. The van der Waals surface area contributed by atoms with E-state index in [4.69, 9.17) is 18.5 Å². The zero-order valence-electron chi connectivity index (χ0n) is 60.5. The van der Waals surface area contributed by atoms with Crippen LogP contribution < -0.4 is 4.89 Å². The Morgan fingerprint density at radius 3 is 0.967 bits per heavy atom. The summed E-state index contributed by atoms with van der Waals surface area (Å²) in [4.78, 5) is 38.1. The molecule has 0 saturated carbocycles. The molecule has 92 heavy (non-hydrogen) atoms. The van der Waals surface area contributed by atoms with Crippen LogP contribution in [-0.4, -0.2) is 70.0 Å². The van der Waals surface area contributed by atoms with Crippen LogP contribution in [0.2, 0.25) is 0 Å². The highest BCUT2D eigenvalue weighted by Gasteiger charge is 2.22. The lowest BCUT2D eigenvalue weighted by Crippen LogP contribution is -2.37. The molecule has 0 spiro atoms. The Bertz CT molecular complexity index is 1970. The van der Waals surface area contributed by atoms with Crippen LogP contribution >= 0.6 is 7.82 Å². The Morgan fingerprint density at radius 2 is 0.630 bits per heavy atom. The second-order valence-electron chi connectivity index (χ2n) is 26.6. The van der Waals surface area contributed by atoms with Gasteiger partial charge in [0.15, 0.2) is 6.10 Å². The van der Waals surface area contributed by atoms with E-state index in [0.29, 0.717) is 23.9 Å². The molecule has 0 aliphatic carbocycles. The van der Waals surface area contributed by atoms with Crippen LogP contribution in [-0.2, 0) is 32.7 Å². The molecule has 0 N–H and O–H groups in total. The van der Waals surface area contributed by atoms with Crippen molar-refractivity contribution in [1.29, 1.82) is 0 Å². The Labute approximate surface area is 568 Å². The minimum atomic E-state index is -4.67. The van der Waals surface area contributed by atoms with Gasteiger partial charge in [0.25, 0.3) is 7.82 Å². The molecule has 0 amide bonds. The summed E-state index contributed by atoms with van der Waals surface area (Å²) in [6.07, 6.45) is 103. The number of carbonyl (C=O) groups excluding carboxylic acids is 2. The number of nitrogens with zero attached hydrogens (tertiary/aromatic N) is 1. The van der Waals surface area contributed by atoms with E-state index in [-0.39, 0.29) is 26.1 Å². The molecular weight excluding hydrogens is 1160 g/mol. The number of unbranched alkanes of at least 4 members (excludes halogenated alkanes) is 36. The summed E-state index contributed by atoms with van der Waals surface area (Å²) in [6.45, 7) is 4.08. The molecule has 530 valence electrons. The molecule has 2 unspecified atom stereocenters. The zero-order valence-corrected chi connectivity index (χ0v) is 61.4. The number of ether oxygens (including phenoxy) is 2. The highest BCUT2D eigenvalue weighted by atomic mass is 31.2. The molecule has 9 nitrogen and oxygen atoms in total. The standard InChI is InChI=1S/C82H144NO8P/c1-6-8-10-12-14-16-18-20-22-24-26-28-30-32-34-36-37-38-39-40-41-42-43-44-45-47-48-50-52-54-56-58-60-62-64-66-68-70-72-74-81(84)88-78-80(79-90-92(86,87)89-77-76-83(3,4)5)91-82(85)75-73-71-69-67-65-63-61-59-57-55-53-51-49-46-35-33-31-29-27-25-23-21-19-17-15-13-11-9-7-2/h9,11,15,17,21,23-24,26-27,29,33,35,49,51,55,57,61,63,67,69,80H,6-8,10,12-14,16,18-20,22,25,28,30-32,34,36-48,50,52-54,56,58-60,62,64-66,68,70-79H2,1-5H3/b11-9-,17-15-,23-21-,26-24-,29-27-,35-33-,51-49-,57-55-,63-61-,69-67-. The molecule has 0 aliphatic rings. The molecule has 0 rings (SSSR count). The van der Waals surface area contributed by atoms with Crippen molar-refractivity contribution in [3.63, 3.8) is 0 Å². The van der Waals surface area contributed by atoms with Gasteiger partial charge in [-0.3, -0.25) is 14.2 Å². The van der Waals surface area contributed by atoms with Crippen molar-refractivity contribution in [2.24, 2.45) is 0 Å². The number of hydrogen-bond donors (Lipinski definition) is 0. The summed E-state index contributed by atoms with van der Waals surface area (Å²) < 4.78 is 34.3. The van der Waals surface area contributed by atoms with E-state index in [0.717, 1.165) is 77.0 Å². The zero-order chi connectivity index (χ0) is 66.9. The molecule has 0 aromatic carbocycles. The minimum absolute atomic E-state index is 0.0467. The Balaban J connectivity index is 4.03. The average Bonchev–Trinajstić information content (AvgIpc) is 2.14. The molecule has 0 saturated heterocycles. The number of quaternary nitrogens is 1. The first-order chi connectivity index (χ1) is 45.0. The lowest BCUT2D eigenvalue weighted by atomic mass is 10.0. The quantitative estimate of drug-likeness (QED) is 0.0195. The normalized spacial score (nSPS) is 13.8. The number of rotatable bonds is 70. The van der Waals surface area contributed by atoms with Gasteiger partial charge in [0.1, 0.15) is 19.8 Å². The van der Waals surface area contributed by atoms with Crippen LogP contribution in [0, 0.1) is 0 Å². The van der Waals surface area contributed by atoms with Gasteiger partial charge in [-0.25, -0.2) is 0 Å². The van der Waals surface area contributed by atoms with E-state index in [1.54, 1.807) is 0 Å². The topological polar surface area (TPSA) is 111 Å². The second-order valence-corrected chi connectivity index (χ2v) is 28.0. The third-order valence-electron chi connectivity index (χ3n) is 16.5. The molecule has 0 radical (unpaired) electrons. The average molecular weight is 1300 g/mol.